The van der Waals surface area contributed by atoms with Gasteiger partial charge in [-0.15, -0.1) is 0 Å². The molecule has 0 bridgehead atoms. The summed E-state index contributed by atoms with van der Waals surface area (Å²) in [5.74, 6) is -0.645. The number of anilines is 1. The van der Waals surface area contributed by atoms with Crippen LogP contribution in [0.15, 0.2) is 73.2 Å². The Hall–Kier alpha value is -3.54. The van der Waals surface area contributed by atoms with Crippen molar-refractivity contribution in [3.63, 3.8) is 0 Å². The lowest BCUT2D eigenvalue weighted by atomic mass is 10.2. The Morgan fingerprint density at radius 3 is 2.52 bits per heavy atom. The van der Waals surface area contributed by atoms with Crippen LogP contribution in [0.2, 0.25) is 0 Å². The fraction of sp³-hybridized carbons (Fsp3) is 0.0526. The van der Waals surface area contributed by atoms with Crippen LogP contribution < -0.4 is 10.6 Å². The van der Waals surface area contributed by atoms with Crippen molar-refractivity contribution >= 4 is 17.5 Å². The number of para-hydroxylation sites is 1. The van der Waals surface area contributed by atoms with Crippen molar-refractivity contribution in [2.45, 2.75) is 6.54 Å². The molecule has 3 aromatic rings. The number of pyridine rings is 2. The molecular formula is C19H16N4O2. The molecule has 0 atom stereocenters. The second-order valence-corrected chi connectivity index (χ2v) is 5.29. The molecule has 1 aromatic carbocycles. The molecule has 0 spiro atoms. The van der Waals surface area contributed by atoms with Crippen LogP contribution in [0.3, 0.4) is 0 Å². The topological polar surface area (TPSA) is 84.0 Å². The van der Waals surface area contributed by atoms with Gasteiger partial charge in [0.2, 0.25) is 0 Å². The number of rotatable bonds is 5. The van der Waals surface area contributed by atoms with Gasteiger partial charge in [0.25, 0.3) is 11.8 Å². The standard InChI is InChI=1S/C19H16N4O2/c24-18(23-16-6-2-1-3-7-16)15-8-10-21-17(11-15)19(25)22-13-14-5-4-9-20-12-14/h1-12H,13H2,(H,22,25)(H,23,24). The Morgan fingerprint density at radius 2 is 1.76 bits per heavy atom. The van der Waals surface area contributed by atoms with Crippen LogP contribution in [-0.4, -0.2) is 21.8 Å². The minimum Gasteiger partial charge on any atom is -0.347 e. The molecule has 3 rings (SSSR count). The molecule has 6 heteroatoms. The summed E-state index contributed by atoms with van der Waals surface area (Å²) in [5.41, 5.74) is 2.12. The molecule has 0 saturated heterocycles. The molecule has 25 heavy (non-hydrogen) atoms. The molecule has 0 aliphatic rings. The second-order valence-electron chi connectivity index (χ2n) is 5.29. The van der Waals surface area contributed by atoms with Crippen molar-refractivity contribution < 1.29 is 9.59 Å². The van der Waals surface area contributed by atoms with E-state index in [1.165, 1.54) is 12.3 Å². The number of benzene rings is 1. The summed E-state index contributed by atoms with van der Waals surface area (Å²) >= 11 is 0. The predicted octanol–water partition coefficient (Wildman–Crippen LogP) is 2.66. The SMILES string of the molecule is O=C(Nc1ccccc1)c1ccnc(C(=O)NCc2cccnc2)c1. The quantitative estimate of drug-likeness (QED) is 0.752. The molecule has 124 valence electrons. The highest BCUT2D eigenvalue weighted by Crippen LogP contribution is 2.09. The van der Waals surface area contributed by atoms with Crippen molar-refractivity contribution in [2.24, 2.45) is 0 Å². The van der Waals surface area contributed by atoms with Gasteiger partial charge in [0.05, 0.1) is 0 Å². The summed E-state index contributed by atoms with van der Waals surface area (Å²) in [6.45, 7) is 0.342. The summed E-state index contributed by atoms with van der Waals surface area (Å²) in [7, 11) is 0. The van der Waals surface area contributed by atoms with E-state index in [0.717, 1.165) is 5.56 Å². The third-order valence-corrected chi connectivity index (χ3v) is 3.46. The van der Waals surface area contributed by atoms with Gasteiger partial charge in [0.1, 0.15) is 5.69 Å². The van der Waals surface area contributed by atoms with E-state index in [9.17, 15) is 9.59 Å². The van der Waals surface area contributed by atoms with Gasteiger partial charge in [-0.3, -0.25) is 19.6 Å². The monoisotopic (exact) mass is 332 g/mol. The van der Waals surface area contributed by atoms with Crippen LogP contribution in [0.25, 0.3) is 0 Å². The number of nitrogens with one attached hydrogen (secondary N) is 2. The second kappa shape index (κ2) is 7.83. The van der Waals surface area contributed by atoms with E-state index in [2.05, 4.69) is 20.6 Å². The molecule has 0 saturated carbocycles. The van der Waals surface area contributed by atoms with E-state index >= 15 is 0 Å². The van der Waals surface area contributed by atoms with E-state index in [1.54, 1.807) is 36.7 Å². The highest BCUT2D eigenvalue weighted by Gasteiger charge is 2.12. The van der Waals surface area contributed by atoms with E-state index in [4.69, 9.17) is 0 Å². The van der Waals surface area contributed by atoms with Gasteiger partial charge >= 0.3 is 0 Å². The van der Waals surface area contributed by atoms with Crippen LogP contribution in [0.5, 0.6) is 0 Å². The van der Waals surface area contributed by atoms with Crippen molar-refractivity contribution in [3.05, 3.63) is 90.0 Å². The zero-order valence-electron chi connectivity index (χ0n) is 13.3. The Labute approximate surface area is 145 Å². The number of hydrogen-bond donors (Lipinski definition) is 2. The molecule has 2 amide bonds. The van der Waals surface area contributed by atoms with Gasteiger partial charge in [0, 0.05) is 36.4 Å². The van der Waals surface area contributed by atoms with Gasteiger partial charge in [-0.05, 0) is 35.9 Å². The van der Waals surface area contributed by atoms with Crippen LogP contribution in [0.4, 0.5) is 5.69 Å². The summed E-state index contributed by atoms with van der Waals surface area (Å²) in [5, 5.41) is 5.53. The molecule has 2 N–H and O–H groups in total. The summed E-state index contributed by atoms with van der Waals surface area (Å²) < 4.78 is 0. The van der Waals surface area contributed by atoms with E-state index in [-0.39, 0.29) is 17.5 Å². The van der Waals surface area contributed by atoms with Crippen LogP contribution in [-0.2, 0) is 6.54 Å². The van der Waals surface area contributed by atoms with Crippen molar-refractivity contribution in [1.82, 2.24) is 15.3 Å². The van der Waals surface area contributed by atoms with Gasteiger partial charge in [-0.2, -0.15) is 0 Å². The lowest BCUT2D eigenvalue weighted by Crippen LogP contribution is -2.24. The first-order valence-electron chi connectivity index (χ1n) is 7.72. The van der Waals surface area contributed by atoms with Gasteiger partial charge < -0.3 is 10.6 Å². The Kier molecular flexibility index (Phi) is 5.11. The lowest BCUT2D eigenvalue weighted by Gasteiger charge is -2.07. The highest BCUT2D eigenvalue weighted by atomic mass is 16.2. The molecule has 0 unspecified atom stereocenters. The van der Waals surface area contributed by atoms with Crippen LogP contribution >= 0.6 is 0 Å². The average Bonchev–Trinajstić information content (AvgIpc) is 2.68. The molecule has 2 heterocycles. The van der Waals surface area contributed by atoms with Gasteiger partial charge in [-0.25, -0.2) is 0 Å². The zero-order valence-corrected chi connectivity index (χ0v) is 13.3. The van der Waals surface area contributed by atoms with Crippen molar-refractivity contribution in [2.75, 3.05) is 5.32 Å². The fourth-order valence-corrected chi connectivity index (χ4v) is 2.20. The average molecular weight is 332 g/mol. The molecule has 0 fully saturated rings. The third-order valence-electron chi connectivity index (χ3n) is 3.46. The minimum atomic E-state index is -0.349. The smallest absolute Gasteiger partial charge is 0.270 e. The molecule has 0 aliphatic carbocycles. The number of hydrogen-bond acceptors (Lipinski definition) is 4. The summed E-state index contributed by atoms with van der Waals surface area (Å²) in [4.78, 5) is 32.5. The molecular weight excluding hydrogens is 316 g/mol. The Morgan fingerprint density at radius 1 is 0.920 bits per heavy atom. The van der Waals surface area contributed by atoms with E-state index in [0.29, 0.717) is 17.8 Å². The predicted molar refractivity (Wildman–Crippen MR) is 94.0 cm³/mol. The first-order valence-corrected chi connectivity index (χ1v) is 7.72. The molecule has 6 nitrogen and oxygen atoms in total. The lowest BCUT2D eigenvalue weighted by molar-refractivity contribution is 0.0946. The normalized spacial score (nSPS) is 10.1. The minimum absolute atomic E-state index is 0.185. The maximum atomic E-state index is 12.3. The van der Waals surface area contributed by atoms with E-state index < -0.39 is 0 Å². The number of nitrogens with zero attached hydrogens (tertiary/aromatic N) is 2. The largest absolute Gasteiger partial charge is 0.347 e. The maximum Gasteiger partial charge on any atom is 0.270 e. The number of carbonyl (C=O) groups is 2. The number of amides is 2. The Bertz CT molecular complexity index is 867. The van der Waals surface area contributed by atoms with Crippen LogP contribution in [0.1, 0.15) is 26.4 Å². The first-order chi connectivity index (χ1) is 12.2. The number of carbonyl (C=O) groups excluding carboxylic acids is 2. The van der Waals surface area contributed by atoms with E-state index in [1.807, 2.05) is 24.3 Å². The molecule has 2 aromatic heterocycles. The van der Waals surface area contributed by atoms with Crippen molar-refractivity contribution in [3.8, 4) is 0 Å². The zero-order chi connectivity index (χ0) is 17.5. The fourth-order valence-electron chi connectivity index (χ4n) is 2.20. The molecule has 0 aliphatic heterocycles. The summed E-state index contributed by atoms with van der Waals surface area (Å²) in [6, 6.07) is 15.8. The third kappa shape index (κ3) is 4.48. The summed E-state index contributed by atoms with van der Waals surface area (Å²) in [6.07, 6.45) is 4.79. The van der Waals surface area contributed by atoms with Crippen molar-refractivity contribution in [1.29, 1.82) is 0 Å². The Balaban J connectivity index is 1.66. The van der Waals surface area contributed by atoms with Gasteiger partial charge in [0.15, 0.2) is 0 Å². The maximum absolute atomic E-state index is 12.3. The highest BCUT2D eigenvalue weighted by molar-refractivity contribution is 6.05. The first kappa shape index (κ1) is 16.3. The number of aromatic nitrogens is 2. The van der Waals surface area contributed by atoms with Crippen LogP contribution in [0, 0.1) is 0 Å². The van der Waals surface area contributed by atoms with Gasteiger partial charge in [-0.1, -0.05) is 24.3 Å². The molecule has 0 radical (unpaired) electrons.